The molecule has 2 aliphatic carbocycles. The van der Waals surface area contributed by atoms with Gasteiger partial charge in [0.25, 0.3) is 11.8 Å². The Bertz CT molecular complexity index is 1680. The topological polar surface area (TPSA) is 105 Å². The second-order valence-electron chi connectivity index (χ2n) is 11.4. The number of benzene rings is 3. The predicted octanol–water partition coefficient (Wildman–Crippen LogP) is 5.44. The molecule has 8 nitrogen and oxygen atoms in total. The van der Waals surface area contributed by atoms with Crippen molar-refractivity contribution in [3.8, 4) is 0 Å². The van der Waals surface area contributed by atoms with Gasteiger partial charge in [0.05, 0.1) is 23.5 Å². The average Bonchev–Trinajstić information content (AvgIpc) is 3.48. The Labute approximate surface area is 262 Å². The number of fused-ring (bicyclic) bond motifs is 1. The highest BCUT2D eigenvalue weighted by molar-refractivity contribution is 7.89. The van der Waals surface area contributed by atoms with Crippen LogP contribution in [0.2, 0.25) is 0 Å². The summed E-state index contributed by atoms with van der Waals surface area (Å²) >= 11 is 6.41. The Morgan fingerprint density at radius 2 is 1.61 bits per heavy atom. The van der Waals surface area contributed by atoms with Crippen molar-refractivity contribution in [1.29, 1.82) is 0 Å². The fourth-order valence-corrected chi connectivity index (χ4v) is 8.19. The van der Waals surface area contributed by atoms with Crippen LogP contribution in [0.5, 0.6) is 0 Å². The number of halogens is 1. The Morgan fingerprint density at radius 1 is 0.932 bits per heavy atom. The Hall–Kier alpha value is -3.76. The first-order chi connectivity index (χ1) is 21.3. The molecule has 228 valence electrons. The van der Waals surface area contributed by atoms with Crippen LogP contribution in [0.25, 0.3) is 0 Å². The van der Waals surface area contributed by atoms with Gasteiger partial charge in [-0.3, -0.25) is 14.4 Å². The van der Waals surface area contributed by atoms with Crippen molar-refractivity contribution >= 4 is 33.4 Å². The molecular formula is C34H34ClN3O5S. The van der Waals surface area contributed by atoms with Gasteiger partial charge in [0, 0.05) is 28.6 Å². The lowest BCUT2D eigenvalue weighted by atomic mass is 9.74. The van der Waals surface area contributed by atoms with Gasteiger partial charge in [-0.2, -0.15) is 0 Å². The highest BCUT2D eigenvalue weighted by Crippen LogP contribution is 2.43. The quantitative estimate of drug-likeness (QED) is 0.306. The minimum Gasteiger partial charge on any atom is -0.329 e. The molecule has 3 aromatic rings. The number of rotatable bonds is 9. The molecule has 0 saturated heterocycles. The minimum absolute atomic E-state index is 0.164. The number of allylic oxidation sites excluding steroid dienone is 2. The summed E-state index contributed by atoms with van der Waals surface area (Å²) in [5, 5.41) is 0.519. The molecular weight excluding hydrogens is 598 g/mol. The molecule has 10 heteroatoms. The summed E-state index contributed by atoms with van der Waals surface area (Å²) in [6.07, 6.45) is 8.29. The van der Waals surface area contributed by atoms with E-state index in [1.165, 1.54) is 0 Å². The van der Waals surface area contributed by atoms with Crippen LogP contribution in [0.1, 0.15) is 53.1 Å². The molecule has 0 spiro atoms. The molecule has 2 unspecified atom stereocenters. The lowest BCUT2D eigenvalue weighted by Gasteiger charge is -2.50. The zero-order valence-electron chi connectivity index (χ0n) is 24.0. The fourth-order valence-electron chi connectivity index (χ4n) is 6.65. The van der Waals surface area contributed by atoms with E-state index < -0.39 is 40.0 Å². The molecule has 2 amide bonds. The predicted molar refractivity (Wildman–Crippen MR) is 168 cm³/mol. The standard InChI is InChI=1S/C34H34ClN3O5S/c35-25-20-19-24(21-25)32-31(33(39)36-43-22-23-11-3-1-4-12-23)27-15-7-8-16-28(27)34(40)38(32)30-18-10-9-17-29(30)37-44(41,42)26-13-5-2-6-14-26/h1-8,11-16,19-21,24,29-32,37H,9-10,17-18,22H2,(H,36,39)/t24?,29-,30-,31+,32?/m0/s1. The van der Waals surface area contributed by atoms with E-state index in [4.69, 9.17) is 16.4 Å². The summed E-state index contributed by atoms with van der Waals surface area (Å²) in [4.78, 5) is 36.1. The molecule has 1 aliphatic heterocycles. The van der Waals surface area contributed by atoms with Crippen LogP contribution in [-0.4, -0.2) is 43.3 Å². The molecule has 1 heterocycles. The first-order valence-corrected chi connectivity index (χ1v) is 16.7. The molecule has 0 bridgehead atoms. The maximum absolute atomic E-state index is 14.4. The summed E-state index contributed by atoms with van der Waals surface area (Å²) in [5.41, 5.74) is 4.56. The lowest BCUT2D eigenvalue weighted by molar-refractivity contribution is -0.138. The maximum atomic E-state index is 14.4. The van der Waals surface area contributed by atoms with Gasteiger partial charge in [0.15, 0.2) is 0 Å². The Balaban J connectivity index is 1.37. The zero-order chi connectivity index (χ0) is 30.7. The SMILES string of the molecule is O=C(NOCc1ccccc1)[C@@H]1c2ccccc2C(=O)N([C@H]2CCCC[C@@H]2NS(=O)(=O)c2ccccc2)C1C1C=CC(Cl)=C1. The molecule has 44 heavy (non-hydrogen) atoms. The molecule has 3 aromatic carbocycles. The molecule has 0 radical (unpaired) electrons. The third-order valence-electron chi connectivity index (χ3n) is 8.63. The molecule has 1 saturated carbocycles. The lowest BCUT2D eigenvalue weighted by Crippen LogP contribution is -2.63. The number of hydrogen-bond acceptors (Lipinski definition) is 5. The van der Waals surface area contributed by atoms with Crippen LogP contribution in [-0.2, 0) is 26.3 Å². The Kier molecular flexibility index (Phi) is 9.00. The molecule has 6 rings (SSSR count). The van der Waals surface area contributed by atoms with Crippen LogP contribution in [0.3, 0.4) is 0 Å². The summed E-state index contributed by atoms with van der Waals surface area (Å²) in [6.45, 7) is 0.176. The maximum Gasteiger partial charge on any atom is 0.254 e. The number of amides is 2. The van der Waals surface area contributed by atoms with Gasteiger partial charge in [-0.25, -0.2) is 18.6 Å². The monoisotopic (exact) mass is 631 g/mol. The average molecular weight is 632 g/mol. The van der Waals surface area contributed by atoms with Crippen LogP contribution < -0.4 is 10.2 Å². The van der Waals surface area contributed by atoms with Crippen LogP contribution in [0.15, 0.2) is 113 Å². The van der Waals surface area contributed by atoms with E-state index in [1.54, 1.807) is 59.5 Å². The van der Waals surface area contributed by atoms with Gasteiger partial charge in [0.1, 0.15) is 0 Å². The van der Waals surface area contributed by atoms with E-state index in [1.807, 2.05) is 48.6 Å². The van der Waals surface area contributed by atoms with Crippen molar-refractivity contribution in [3.05, 3.63) is 125 Å². The van der Waals surface area contributed by atoms with Gasteiger partial charge in [-0.1, -0.05) is 103 Å². The minimum atomic E-state index is -3.86. The third-order valence-corrected chi connectivity index (χ3v) is 10.4. The first kappa shape index (κ1) is 30.3. The molecule has 0 aromatic heterocycles. The van der Waals surface area contributed by atoms with Gasteiger partial charge < -0.3 is 4.90 Å². The van der Waals surface area contributed by atoms with Crippen molar-refractivity contribution in [1.82, 2.24) is 15.1 Å². The summed E-state index contributed by atoms with van der Waals surface area (Å²) in [7, 11) is -3.86. The Morgan fingerprint density at radius 3 is 2.34 bits per heavy atom. The second kappa shape index (κ2) is 13.1. The molecule has 5 atom stereocenters. The van der Waals surface area contributed by atoms with Gasteiger partial charge in [-0.05, 0) is 48.2 Å². The fraction of sp³-hybridized carbons (Fsp3) is 0.294. The van der Waals surface area contributed by atoms with Crippen molar-refractivity contribution in [2.75, 3.05) is 0 Å². The van der Waals surface area contributed by atoms with E-state index in [9.17, 15) is 18.0 Å². The van der Waals surface area contributed by atoms with Gasteiger partial charge in [0.2, 0.25) is 10.0 Å². The van der Waals surface area contributed by atoms with Crippen molar-refractivity contribution in [2.45, 2.75) is 61.2 Å². The largest absolute Gasteiger partial charge is 0.329 e. The van der Waals surface area contributed by atoms with Crippen LogP contribution >= 0.6 is 11.6 Å². The number of hydrogen-bond donors (Lipinski definition) is 2. The number of nitrogens with one attached hydrogen (secondary N) is 2. The molecule has 1 fully saturated rings. The van der Waals surface area contributed by atoms with E-state index >= 15 is 0 Å². The van der Waals surface area contributed by atoms with E-state index in [2.05, 4.69) is 10.2 Å². The number of carbonyl (C=O) groups is 2. The molecule has 3 aliphatic rings. The van der Waals surface area contributed by atoms with E-state index in [-0.39, 0.29) is 23.3 Å². The summed E-state index contributed by atoms with van der Waals surface area (Å²) < 4.78 is 29.8. The van der Waals surface area contributed by atoms with Crippen LogP contribution in [0, 0.1) is 5.92 Å². The van der Waals surface area contributed by atoms with E-state index in [0.717, 1.165) is 18.4 Å². The van der Waals surface area contributed by atoms with Gasteiger partial charge in [-0.15, -0.1) is 0 Å². The zero-order valence-corrected chi connectivity index (χ0v) is 25.6. The van der Waals surface area contributed by atoms with Crippen LogP contribution in [0.4, 0.5) is 0 Å². The van der Waals surface area contributed by atoms with Crippen molar-refractivity contribution < 1.29 is 22.8 Å². The first-order valence-electron chi connectivity index (χ1n) is 14.8. The summed E-state index contributed by atoms with van der Waals surface area (Å²) in [5.74, 6) is -1.81. The second-order valence-corrected chi connectivity index (χ2v) is 13.5. The van der Waals surface area contributed by atoms with Crippen molar-refractivity contribution in [3.63, 3.8) is 0 Å². The smallest absolute Gasteiger partial charge is 0.254 e. The summed E-state index contributed by atoms with van der Waals surface area (Å²) in [6, 6.07) is 23.1. The highest BCUT2D eigenvalue weighted by atomic mass is 35.5. The number of hydroxylamine groups is 1. The number of carbonyl (C=O) groups excluding carboxylic acids is 2. The highest BCUT2D eigenvalue weighted by Gasteiger charge is 2.50. The molecule has 2 N–H and O–H groups in total. The van der Waals surface area contributed by atoms with Gasteiger partial charge >= 0.3 is 0 Å². The number of sulfonamides is 1. The van der Waals surface area contributed by atoms with Crippen molar-refractivity contribution in [2.24, 2.45) is 5.92 Å². The van der Waals surface area contributed by atoms with E-state index in [0.29, 0.717) is 29.0 Å². The number of nitrogens with zero attached hydrogens (tertiary/aromatic N) is 1. The third kappa shape index (κ3) is 6.23. The normalized spacial score (nSPS) is 24.9.